The first-order chi connectivity index (χ1) is 13.1. The fraction of sp³-hybridized carbons (Fsp3) is 0.143. The summed E-state index contributed by atoms with van der Waals surface area (Å²) in [4.78, 5) is -1.35. The quantitative estimate of drug-likeness (QED) is 0.444. The van der Waals surface area contributed by atoms with Crippen molar-refractivity contribution in [1.29, 1.82) is 0 Å². The molecule has 0 aromatic heterocycles. The molecule has 29 heavy (non-hydrogen) atoms. The molecule has 0 aliphatic carbocycles. The van der Waals surface area contributed by atoms with Gasteiger partial charge in [0.25, 0.3) is 0 Å². The van der Waals surface area contributed by atoms with Crippen LogP contribution in [0.1, 0.15) is 0 Å². The normalized spacial score (nSPS) is 14.6. The average Bonchev–Trinajstić information content (AvgIpc) is 2.60. The van der Waals surface area contributed by atoms with E-state index in [0.717, 1.165) is 48.5 Å². The molecular weight excluding hydrogens is 474 g/mol. The van der Waals surface area contributed by atoms with Gasteiger partial charge in [0.1, 0.15) is 0 Å². The van der Waals surface area contributed by atoms with Crippen LogP contribution < -0.4 is 0 Å². The second-order valence-electron chi connectivity index (χ2n) is 5.07. The zero-order chi connectivity index (χ0) is 22.1. The number of alkyl halides is 6. The minimum Gasteiger partial charge on any atom is -0.188 e. The highest BCUT2D eigenvalue weighted by Gasteiger charge is 2.56. The summed E-state index contributed by atoms with van der Waals surface area (Å²) >= 11 is 0. The Balaban J connectivity index is 2.87. The first kappa shape index (κ1) is 23.5. The lowest BCUT2D eigenvalue weighted by atomic mass is 10.4. The summed E-state index contributed by atoms with van der Waals surface area (Å²) in [5.41, 5.74) is -12.1. The van der Waals surface area contributed by atoms with Crippen LogP contribution in [-0.4, -0.2) is 27.9 Å². The molecular formula is C14H10F6O6S3. The van der Waals surface area contributed by atoms with Crippen molar-refractivity contribution in [1.82, 2.24) is 0 Å². The van der Waals surface area contributed by atoms with Gasteiger partial charge < -0.3 is 0 Å². The minimum atomic E-state index is -6.59. The van der Waals surface area contributed by atoms with Gasteiger partial charge in [-0.1, -0.05) is 36.4 Å². The molecule has 2 aromatic carbocycles. The zero-order valence-electron chi connectivity index (χ0n) is 13.7. The summed E-state index contributed by atoms with van der Waals surface area (Å²) in [6.07, 6.45) is 0. The smallest absolute Gasteiger partial charge is 0.188 e. The Labute approximate surface area is 163 Å². The number of hydrogen-bond acceptors (Lipinski definition) is 6. The van der Waals surface area contributed by atoms with Gasteiger partial charge in [-0.15, -0.1) is 17.8 Å². The molecule has 0 heterocycles. The van der Waals surface area contributed by atoms with Crippen molar-refractivity contribution in [2.75, 3.05) is 0 Å². The maximum absolute atomic E-state index is 12.9. The molecule has 0 spiro atoms. The molecule has 2 rings (SSSR count). The lowest BCUT2D eigenvalue weighted by molar-refractivity contribution is -0.0511. The molecule has 15 heteroatoms. The van der Waals surface area contributed by atoms with E-state index in [-0.39, 0.29) is 0 Å². The molecule has 0 unspecified atom stereocenters. The Morgan fingerprint density at radius 2 is 0.828 bits per heavy atom. The molecule has 0 bridgehead atoms. The molecule has 0 saturated carbocycles. The van der Waals surface area contributed by atoms with Gasteiger partial charge in [0, 0.05) is 0 Å². The second kappa shape index (κ2) is 7.79. The monoisotopic (exact) mass is 484 g/mol. The molecule has 0 aliphatic rings. The van der Waals surface area contributed by atoms with E-state index in [9.17, 15) is 43.2 Å². The highest BCUT2D eigenvalue weighted by Crippen LogP contribution is 2.67. The fourth-order valence-corrected chi connectivity index (χ4v) is 7.32. The van der Waals surface area contributed by atoms with E-state index in [4.69, 9.17) is 0 Å². The topological polar surface area (TPSA) is 86.7 Å². The number of benzene rings is 2. The van der Waals surface area contributed by atoms with Crippen LogP contribution in [0.5, 0.6) is 0 Å². The predicted molar refractivity (Wildman–Crippen MR) is 89.1 cm³/mol. The fourth-order valence-electron chi connectivity index (χ4n) is 1.83. The molecule has 0 radical (unpaired) electrons. The SMILES string of the molecule is O=S(=O)(OS(OS(=O)(=O)C(F)(F)F)(c1ccccc1)c1ccccc1)C(F)(F)F. The van der Waals surface area contributed by atoms with Crippen LogP contribution in [0, 0.1) is 0 Å². The van der Waals surface area contributed by atoms with E-state index in [1.165, 1.54) is 12.1 Å². The van der Waals surface area contributed by atoms with Gasteiger partial charge in [-0.05, 0) is 24.3 Å². The highest BCUT2D eigenvalue weighted by molar-refractivity contribution is 8.32. The molecule has 0 fully saturated rings. The van der Waals surface area contributed by atoms with Crippen LogP contribution in [0.15, 0.2) is 70.5 Å². The Bertz CT molecular complexity index is 963. The van der Waals surface area contributed by atoms with Gasteiger partial charge in [-0.2, -0.15) is 43.2 Å². The summed E-state index contributed by atoms with van der Waals surface area (Å²) in [7, 11) is -18.0. The first-order valence-electron chi connectivity index (χ1n) is 7.11. The van der Waals surface area contributed by atoms with Crippen LogP contribution in [0.3, 0.4) is 0 Å². The van der Waals surface area contributed by atoms with Gasteiger partial charge in [-0.3, -0.25) is 0 Å². The summed E-state index contributed by atoms with van der Waals surface area (Å²) in [5.74, 6) is 0. The van der Waals surface area contributed by atoms with Gasteiger partial charge in [0.15, 0.2) is 0 Å². The minimum absolute atomic E-state index is 0.674. The Morgan fingerprint density at radius 1 is 0.552 bits per heavy atom. The second-order valence-corrected chi connectivity index (χ2v) is 10.8. The predicted octanol–water partition coefficient (Wildman–Crippen LogP) is 4.47. The van der Waals surface area contributed by atoms with Crippen molar-refractivity contribution in [2.24, 2.45) is 0 Å². The van der Waals surface area contributed by atoms with E-state index in [2.05, 4.69) is 7.26 Å². The molecule has 0 amide bonds. The van der Waals surface area contributed by atoms with Crippen molar-refractivity contribution >= 4 is 30.8 Å². The third kappa shape index (κ3) is 4.85. The van der Waals surface area contributed by atoms with Crippen molar-refractivity contribution < 1.29 is 50.4 Å². The molecule has 162 valence electrons. The molecule has 0 aliphatic heterocycles. The third-order valence-corrected chi connectivity index (χ3v) is 8.93. The summed E-state index contributed by atoms with van der Waals surface area (Å²) in [5, 5.41) is 0. The maximum atomic E-state index is 12.9. The van der Waals surface area contributed by atoms with Crippen LogP contribution in [0.25, 0.3) is 0 Å². The highest BCUT2D eigenvalue weighted by atomic mass is 32.4. The Morgan fingerprint density at radius 3 is 1.07 bits per heavy atom. The zero-order valence-corrected chi connectivity index (χ0v) is 16.2. The maximum Gasteiger partial charge on any atom is 0.524 e. The van der Waals surface area contributed by atoms with Crippen LogP contribution >= 0.6 is 10.6 Å². The van der Waals surface area contributed by atoms with E-state index >= 15 is 0 Å². The van der Waals surface area contributed by atoms with E-state index in [0.29, 0.717) is 0 Å². The standard InChI is InChI=1S/C14H10F6O6S3/c15-13(16,17)28(21,22)25-27(11-7-3-1-4-8-11,12-9-5-2-6-10-12)26-29(23,24)14(18,19)20/h1-10H. The lowest BCUT2D eigenvalue weighted by Gasteiger charge is -2.40. The van der Waals surface area contributed by atoms with Gasteiger partial charge in [0.2, 0.25) is 0 Å². The van der Waals surface area contributed by atoms with Gasteiger partial charge >= 0.3 is 31.3 Å². The summed E-state index contributed by atoms with van der Waals surface area (Å²) in [6, 6.07) is 10.6. The number of halogens is 6. The van der Waals surface area contributed by atoms with Crippen LogP contribution in [0.4, 0.5) is 26.3 Å². The molecule has 6 nitrogen and oxygen atoms in total. The van der Waals surface area contributed by atoms with E-state index in [1.54, 1.807) is 0 Å². The van der Waals surface area contributed by atoms with Gasteiger partial charge in [-0.25, -0.2) is 0 Å². The summed E-state index contributed by atoms with van der Waals surface area (Å²) < 4.78 is 133. The number of rotatable bonds is 6. The third-order valence-electron chi connectivity index (χ3n) is 3.04. The van der Waals surface area contributed by atoms with E-state index in [1.807, 2.05) is 0 Å². The Kier molecular flexibility index (Phi) is 6.30. The first-order valence-corrected chi connectivity index (χ1v) is 11.4. The van der Waals surface area contributed by atoms with Crippen LogP contribution in [0.2, 0.25) is 0 Å². The number of hydrogen-bond donors (Lipinski definition) is 0. The molecule has 2 aromatic rings. The Hall–Kier alpha value is -1.81. The van der Waals surface area contributed by atoms with Crippen molar-refractivity contribution in [3.8, 4) is 0 Å². The largest absolute Gasteiger partial charge is 0.524 e. The van der Waals surface area contributed by atoms with Crippen molar-refractivity contribution in [3.05, 3.63) is 60.7 Å². The average molecular weight is 484 g/mol. The van der Waals surface area contributed by atoms with Crippen LogP contribution in [-0.2, 0) is 27.5 Å². The van der Waals surface area contributed by atoms with Gasteiger partial charge in [0.05, 0.1) is 9.79 Å². The molecule has 0 saturated heterocycles. The lowest BCUT2D eigenvalue weighted by Crippen LogP contribution is -2.32. The summed E-state index contributed by atoms with van der Waals surface area (Å²) in [6.45, 7) is 0. The van der Waals surface area contributed by atoms with Crippen molar-refractivity contribution in [3.63, 3.8) is 0 Å². The molecule has 0 N–H and O–H groups in total. The van der Waals surface area contributed by atoms with Crippen molar-refractivity contribution in [2.45, 2.75) is 20.8 Å². The van der Waals surface area contributed by atoms with E-state index < -0.39 is 51.6 Å². The molecule has 0 atom stereocenters.